The van der Waals surface area contributed by atoms with Crippen LogP contribution in [0.4, 0.5) is 0 Å². The fraction of sp³-hybridized carbons (Fsp3) is 0.952. The molecule has 0 aliphatic carbocycles. The van der Waals surface area contributed by atoms with Crippen LogP contribution in [-0.4, -0.2) is 14.3 Å². The van der Waals surface area contributed by atoms with Gasteiger partial charge in [0.2, 0.25) is 0 Å². The van der Waals surface area contributed by atoms with Crippen LogP contribution in [0, 0.1) is 0 Å². The molecule has 0 atom stereocenters. The molecule has 2 nitrogen and oxygen atoms in total. The van der Waals surface area contributed by atoms with Crippen LogP contribution in [0.15, 0.2) is 0 Å². The summed E-state index contributed by atoms with van der Waals surface area (Å²) in [6.07, 6.45) is 20.7. The molecular weight excluding hydrogens is 312 g/mol. The molecule has 0 aromatic rings. The molecule has 0 unspecified atom stereocenters. The van der Waals surface area contributed by atoms with E-state index in [0.717, 1.165) is 6.42 Å². The molecule has 0 radical (unpaired) electrons. The second-order valence-corrected chi connectivity index (χ2v) is 12.2. The molecule has 0 amide bonds. The molecule has 0 spiro atoms. The zero-order chi connectivity index (χ0) is 17.5. The van der Waals surface area contributed by atoms with Crippen molar-refractivity contribution in [2.75, 3.05) is 0 Å². The maximum absolute atomic E-state index is 11.9. The number of hydrogen-bond acceptors (Lipinski definition) is 2. The molecule has 0 saturated carbocycles. The normalized spacial score (nSPS) is 16.4. The topological polar surface area (TPSA) is 26.3 Å². The Hall–Kier alpha value is -0.313. The van der Waals surface area contributed by atoms with Crippen LogP contribution in [0.5, 0.6) is 0 Å². The summed E-state index contributed by atoms with van der Waals surface area (Å²) in [5.41, 5.74) is 0. The smallest absolute Gasteiger partial charge is 0.292 e. The first-order valence-corrected chi connectivity index (χ1v) is 13.7. The quantitative estimate of drug-likeness (QED) is 0.226. The Labute approximate surface area is 152 Å². The van der Waals surface area contributed by atoms with E-state index in [9.17, 15) is 4.79 Å². The van der Waals surface area contributed by atoms with Gasteiger partial charge < -0.3 is 4.43 Å². The van der Waals surface area contributed by atoms with E-state index >= 15 is 0 Å². The second-order valence-electron chi connectivity index (χ2n) is 8.12. The summed E-state index contributed by atoms with van der Waals surface area (Å²) in [7, 11) is -1.60. The summed E-state index contributed by atoms with van der Waals surface area (Å²) in [5, 5.41) is 0. The lowest BCUT2D eigenvalue weighted by atomic mass is 10.0. The molecule has 0 aromatic carbocycles. The van der Waals surface area contributed by atoms with E-state index in [0.29, 0.717) is 6.42 Å². The summed E-state index contributed by atoms with van der Waals surface area (Å²) < 4.78 is 5.81. The fourth-order valence-corrected chi connectivity index (χ4v) is 6.94. The summed E-state index contributed by atoms with van der Waals surface area (Å²) in [5.74, 6) is 0.0918. The number of unbranched alkanes of at least 4 members (excludes halogenated alkanes) is 12. The van der Waals surface area contributed by atoms with Gasteiger partial charge in [-0.1, -0.05) is 96.8 Å². The van der Waals surface area contributed by atoms with Gasteiger partial charge in [-0.3, -0.25) is 4.79 Å². The van der Waals surface area contributed by atoms with Crippen LogP contribution in [0.3, 0.4) is 0 Å². The third-order valence-corrected chi connectivity index (χ3v) is 9.05. The van der Waals surface area contributed by atoms with E-state index < -0.39 is 8.32 Å². The molecule has 0 N–H and O–H groups in total. The number of carbonyl (C=O) groups is 1. The molecule has 3 heteroatoms. The first kappa shape index (κ1) is 21.7. The van der Waals surface area contributed by atoms with E-state index in [4.69, 9.17) is 4.43 Å². The molecule has 1 aliphatic heterocycles. The standard InChI is InChI=1S/C21H42O2Si/c1-3-4-5-6-7-8-9-10-11-12-13-14-15-18-21(22)23-24(2)19-16-17-20-24/h3-20H2,1-2H3. The van der Waals surface area contributed by atoms with Crippen molar-refractivity contribution < 1.29 is 9.22 Å². The minimum Gasteiger partial charge on any atom is -0.519 e. The van der Waals surface area contributed by atoms with Crippen molar-refractivity contribution in [3.63, 3.8) is 0 Å². The molecule has 1 saturated heterocycles. The van der Waals surface area contributed by atoms with Gasteiger partial charge in [0.05, 0.1) is 0 Å². The summed E-state index contributed by atoms with van der Waals surface area (Å²) in [4.78, 5) is 11.9. The molecular formula is C21H42O2Si. The fourth-order valence-electron chi connectivity index (χ4n) is 3.84. The van der Waals surface area contributed by atoms with Gasteiger partial charge in [-0.2, -0.15) is 0 Å². The zero-order valence-corrected chi connectivity index (χ0v) is 17.5. The Bertz CT molecular complexity index is 311. The highest BCUT2D eigenvalue weighted by Crippen LogP contribution is 2.31. The Morgan fingerprint density at radius 1 is 0.750 bits per heavy atom. The maximum atomic E-state index is 11.9. The largest absolute Gasteiger partial charge is 0.519 e. The van der Waals surface area contributed by atoms with Gasteiger partial charge in [0.25, 0.3) is 14.3 Å². The van der Waals surface area contributed by atoms with Gasteiger partial charge in [-0.15, -0.1) is 0 Å². The molecule has 0 aromatic heterocycles. The van der Waals surface area contributed by atoms with Gasteiger partial charge in [0.1, 0.15) is 0 Å². The van der Waals surface area contributed by atoms with Crippen LogP contribution < -0.4 is 0 Å². The van der Waals surface area contributed by atoms with Gasteiger partial charge in [0, 0.05) is 6.42 Å². The average molecular weight is 355 g/mol. The van der Waals surface area contributed by atoms with Crippen LogP contribution in [0.2, 0.25) is 18.6 Å². The van der Waals surface area contributed by atoms with Gasteiger partial charge >= 0.3 is 0 Å². The van der Waals surface area contributed by atoms with E-state index in [1.54, 1.807) is 0 Å². The molecule has 1 fully saturated rings. The number of hydrogen-bond donors (Lipinski definition) is 0. The van der Waals surface area contributed by atoms with Gasteiger partial charge in [-0.05, 0) is 25.1 Å². The van der Waals surface area contributed by atoms with Gasteiger partial charge in [-0.25, -0.2) is 0 Å². The lowest BCUT2D eigenvalue weighted by molar-refractivity contribution is -0.135. The van der Waals surface area contributed by atoms with Crippen LogP contribution >= 0.6 is 0 Å². The summed E-state index contributed by atoms with van der Waals surface area (Å²) >= 11 is 0. The van der Waals surface area contributed by atoms with E-state index in [1.165, 1.54) is 102 Å². The van der Waals surface area contributed by atoms with E-state index in [-0.39, 0.29) is 5.97 Å². The van der Waals surface area contributed by atoms with Crippen molar-refractivity contribution in [3.8, 4) is 0 Å². The Morgan fingerprint density at radius 2 is 1.17 bits per heavy atom. The van der Waals surface area contributed by atoms with Crippen LogP contribution in [0.1, 0.15) is 110 Å². The number of carbonyl (C=O) groups excluding carboxylic acids is 1. The lowest BCUT2D eigenvalue weighted by Gasteiger charge is -2.21. The highest BCUT2D eigenvalue weighted by Gasteiger charge is 2.36. The van der Waals surface area contributed by atoms with Crippen molar-refractivity contribution in [2.45, 2.75) is 128 Å². The predicted molar refractivity (Wildman–Crippen MR) is 107 cm³/mol. The van der Waals surface area contributed by atoms with Crippen molar-refractivity contribution in [1.29, 1.82) is 0 Å². The molecule has 24 heavy (non-hydrogen) atoms. The van der Waals surface area contributed by atoms with Gasteiger partial charge in [0.15, 0.2) is 0 Å². The zero-order valence-electron chi connectivity index (χ0n) is 16.5. The Kier molecular flexibility index (Phi) is 12.6. The average Bonchev–Trinajstić information content (AvgIpc) is 2.98. The van der Waals surface area contributed by atoms with Crippen molar-refractivity contribution in [2.24, 2.45) is 0 Å². The highest BCUT2D eigenvalue weighted by atomic mass is 28.4. The van der Waals surface area contributed by atoms with Crippen molar-refractivity contribution >= 4 is 14.3 Å². The van der Waals surface area contributed by atoms with Crippen molar-refractivity contribution in [1.82, 2.24) is 0 Å². The summed E-state index contributed by atoms with van der Waals surface area (Å²) in [6.45, 7) is 4.52. The third kappa shape index (κ3) is 11.3. The lowest BCUT2D eigenvalue weighted by Crippen LogP contribution is -2.33. The maximum Gasteiger partial charge on any atom is 0.292 e. The molecule has 1 rings (SSSR count). The van der Waals surface area contributed by atoms with E-state index in [2.05, 4.69) is 13.5 Å². The Balaban J connectivity index is 1.79. The summed E-state index contributed by atoms with van der Waals surface area (Å²) in [6, 6.07) is 2.38. The first-order valence-electron chi connectivity index (χ1n) is 10.9. The highest BCUT2D eigenvalue weighted by molar-refractivity contribution is 6.74. The molecule has 1 heterocycles. The van der Waals surface area contributed by atoms with Crippen LogP contribution in [0.25, 0.3) is 0 Å². The van der Waals surface area contributed by atoms with Crippen molar-refractivity contribution in [3.05, 3.63) is 0 Å². The van der Waals surface area contributed by atoms with Crippen LogP contribution in [-0.2, 0) is 9.22 Å². The number of rotatable bonds is 15. The minimum absolute atomic E-state index is 0.0918. The SMILES string of the molecule is CCCCCCCCCCCCCCCC(=O)O[Si]1(C)CCCC1. The Morgan fingerprint density at radius 3 is 1.62 bits per heavy atom. The third-order valence-electron chi connectivity index (χ3n) is 5.51. The molecule has 1 aliphatic rings. The predicted octanol–water partition coefficient (Wildman–Crippen LogP) is 7.38. The van der Waals surface area contributed by atoms with E-state index in [1.807, 2.05) is 0 Å². The molecule has 142 valence electrons. The monoisotopic (exact) mass is 354 g/mol. The minimum atomic E-state index is -1.60. The molecule has 0 bridgehead atoms. The second kappa shape index (κ2) is 13.9. The first-order chi connectivity index (χ1) is 11.7.